The maximum atomic E-state index is 12.7. The molecule has 0 bridgehead atoms. The first-order valence-electron chi connectivity index (χ1n) is 6.53. The third-order valence-corrected chi connectivity index (χ3v) is 2.73. The SMILES string of the molecule is COC(CN)CC(=O)NCCCOc1ccc(F)cc1. The molecule has 1 aromatic carbocycles. The summed E-state index contributed by atoms with van der Waals surface area (Å²) in [5.74, 6) is 0.224. The van der Waals surface area contributed by atoms with Crippen molar-refractivity contribution in [3.8, 4) is 5.75 Å². The van der Waals surface area contributed by atoms with Gasteiger partial charge in [-0.2, -0.15) is 0 Å². The minimum absolute atomic E-state index is 0.0934. The van der Waals surface area contributed by atoms with Crippen molar-refractivity contribution in [1.82, 2.24) is 5.32 Å². The molecular weight excluding hydrogens is 263 g/mol. The van der Waals surface area contributed by atoms with Crippen molar-refractivity contribution in [3.63, 3.8) is 0 Å². The summed E-state index contributed by atoms with van der Waals surface area (Å²) in [5, 5.41) is 2.76. The number of carbonyl (C=O) groups excluding carboxylic acids is 1. The normalized spacial score (nSPS) is 11.9. The molecular formula is C14H21FN2O3. The second-order valence-corrected chi connectivity index (χ2v) is 4.30. The first-order chi connectivity index (χ1) is 9.65. The first kappa shape index (κ1) is 16.4. The smallest absolute Gasteiger partial charge is 0.222 e. The number of ether oxygens (including phenoxy) is 2. The van der Waals surface area contributed by atoms with Crippen molar-refractivity contribution in [2.45, 2.75) is 18.9 Å². The van der Waals surface area contributed by atoms with Gasteiger partial charge in [0.05, 0.1) is 19.1 Å². The highest BCUT2D eigenvalue weighted by atomic mass is 19.1. The Balaban J connectivity index is 2.09. The van der Waals surface area contributed by atoms with Gasteiger partial charge in [-0.15, -0.1) is 0 Å². The van der Waals surface area contributed by atoms with Crippen LogP contribution in [0.25, 0.3) is 0 Å². The third kappa shape index (κ3) is 6.49. The lowest BCUT2D eigenvalue weighted by Gasteiger charge is -2.12. The number of nitrogens with one attached hydrogen (secondary N) is 1. The average Bonchev–Trinajstić information content (AvgIpc) is 2.46. The fourth-order valence-electron chi connectivity index (χ4n) is 1.56. The topological polar surface area (TPSA) is 73.6 Å². The summed E-state index contributed by atoms with van der Waals surface area (Å²) in [7, 11) is 1.53. The van der Waals surface area contributed by atoms with Crippen molar-refractivity contribution in [1.29, 1.82) is 0 Å². The molecule has 112 valence electrons. The van der Waals surface area contributed by atoms with Crippen LogP contribution in [0.15, 0.2) is 24.3 Å². The van der Waals surface area contributed by atoms with E-state index in [9.17, 15) is 9.18 Å². The zero-order valence-corrected chi connectivity index (χ0v) is 11.6. The van der Waals surface area contributed by atoms with Crippen LogP contribution in [0.4, 0.5) is 4.39 Å². The van der Waals surface area contributed by atoms with E-state index in [1.165, 1.54) is 19.2 Å². The van der Waals surface area contributed by atoms with Gasteiger partial charge in [-0.05, 0) is 30.7 Å². The average molecular weight is 284 g/mol. The molecule has 20 heavy (non-hydrogen) atoms. The monoisotopic (exact) mass is 284 g/mol. The number of hydrogen-bond donors (Lipinski definition) is 2. The molecule has 0 heterocycles. The number of amides is 1. The van der Waals surface area contributed by atoms with Gasteiger partial charge >= 0.3 is 0 Å². The standard InChI is InChI=1S/C14H21FN2O3/c1-19-13(10-16)9-14(18)17-7-2-8-20-12-5-3-11(15)4-6-12/h3-6,13H,2,7-10,16H2,1H3,(H,17,18). The number of halogens is 1. The highest BCUT2D eigenvalue weighted by Gasteiger charge is 2.10. The van der Waals surface area contributed by atoms with Crippen molar-refractivity contribution >= 4 is 5.91 Å². The number of methoxy groups -OCH3 is 1. The van der Waals surface area contributed by atoms with Crippen LogP contribution >= 0.6 is 0 Å². The fraction of sp³-hybridized carbons (Fsp3) is 0.500. The van der Waals surface area contributed by atoms with Gasteiger partial charge in [0.2, 0.25) is 5.91 Å². The molecule has 3 N–H and O–H groups in total. The molecule has 0 fully saturated rings. The number of nitrogens with two attached hydrogens (primary N) is 1. The Hall–Kier alpha value is -1.66. The molecule has 0 aliphatic heterocycles. The van der Waals surface area contributed by atoms with Crippen LogP contribution in [0.2, 0.25) is 0 Å². The van der Waals surface area contributed by atoms with E-state index < -0.39 is 0 Å². The summed E-state index contributed by atoms with van der Waals surface area (Å²) in [4.78, 5) is 11.5. The largest absolute Gasteiger partial charge is 0.494 e. The lowest BCUT2D eigenvalue weighted by molar-refractivity contribution is -0.123. The predicted molar refractivity (Wildman–Crippen MR) is 74.0 cm³/mol. The number of carbonyl (C=O) groups is 1. The van der Waals surface area contributed by atoms with E-state index >= 15 is 0 Å². The Labute approximate surface area is 118 Å². The third-order valence-electron chi connectivity index (χ3n) is 2.73. The van der Waals surface area contributed by atoms with E-state index in [-0.39, 0.29) is 24.2 Å². The summed E-state index contributed by atoms with van der Waals surface area (Å²) >= 11 is 0. The summed E-state index contributed by atoms with van der Waals surface area (Å²) in [5.41, 5.74) is 5.43. The molecule has 0 radical (unpaired) electrons. The highest BCUT2D eigenvalue weighted by Crippen LogP contribution is 2.10. The molecule has 1 amide bonds. The second-order valence-electron chi connectivity index (χ2n) is 4.30. The van der Waals surface area contributed by atoms with Crippen LogP contribution in [0.5, 0.6) is 5.75 Å². The highest BCUT2D eigenvalue weighted by molar-refractivity contribution is 5.76. The van der Waals surface area contributed by atoms with Gasteiger partial charge < -0.3 is 20.5 Å². The molecule has 1 rings (SSSR count). The molecule has 0 saturated carbocycles. The lowest BCUT2D eigenvalue weighted by Crippen LogP contribution is -2.33. The number of benzene rings is 1. The maximum Gasteiger partial charge on any atom is 0.222 e. The van der Waals surface area contributed by atoms with Crippen molar-refractivity contribution in [2.75, 3.05) is 26.8 Å². The van der Waals surface area contributed by atoms with E-state index in [1.807, 2.05) is 0 Å². The number of hydrogen-bond acceptors (Lipinski definition) is 4. The first-order valence-corrected chi connectivity index (χ1v) is 6.53. The van der Waals surface area contributed by atoms with E-state index in [1.54, 1.807) is 12.1 Å². The van der Waals surface area contributed by atoms with Crippen LogP contribution in [-0.4, -0.2) is 38.8 Å². The van der Waals surface area contributed by atoms with Gasteiger partial charge in [-0.3, -0.25) is 4.79 Å². The molecule has 0 aromatic heterocycles. The number of rotatable bonds is 9. The van der Waals surface area contributed by atoms with Gasteiger partial charge in [0.25, 0.3) is 0 Å². The van der Waals surface area contributed by atoms with E-state index in [0.717, 1.165) is 0 Å². The van der Waals surface area contributed by atoms with Gasteiger partial charge in [-0.25, -0.2) is 4.39 Å². The van der Waals surface area contributed by atoms with Gasteiger partial charge in [0, 0.05) is 20.2 Å². The molecule has 0 aliphatic carbocycles. The summed E-state index contributed by atoms with van der Waals surface area (Å²) in [6.45, 7) is 1.29. The summed E-state index contributed by atoms with van der Waals surface area (Å²) < 4.78 is 23.1. The quantitative estimate of drug-likeness (QED) is 0.665. The minimum Gasteiger partial charge on any atom is -0.494 e. The molecule has 0 saturated heterocycles. The Morgan fingerprint density at radius 3 is 2.70 bits per heavy atom. The molecule has 1 unspecified atom stereocenters. The Bertz CT molecular complexity index is 394. The molecule has 0 aliphatic rings. The van der Waals surface area contributed by atoms with Crippen molar-refractivity contribution in [2.24, 2.45) is 5.73 Å². The summed E-state index contributed by atoms with van der Waals surface area (Å²) in [6, 6.07) is 5.82. The molecule has 1 aromatic rings. The molecule has 0 spiro atoms. The fourth-order valence-corrected chi connectivity index (χ4v) is 1.56. The predicted octanol–water partition coefficient (Wildman–Crippen LogP) is 1.07. The van der Waals surface area contributed by atoms with E-state index in [4.69, 9.17) is 15.2 Å². The van der Waals surface area contributed by atoms with Crippen LogP contribution in [0.3, 0.4) is 0 Å². The van der Waals surface area contributed by atoms with Crippen molar-refractivity contribution < 1.29 is 18.7 Å². The Morgan fingerprint density at radius 1 is 1.40 bits per heavy atom. The minimum atomic E-state index is -0.294. The Morgan fingerprint density at radius 2 is 2.10 bits per heavy atom. The van der Waals surface area contributed by atoms with Gasteiger partial charge in [-0.1, -0.05) is 0 Å². The zero-order chi connectivity index (χ0) is 14.8. The van der Waals surface area contributed by atoms with Gasteiger partial charge in [0.1, 0.15) is 11.6 Å². The molecule has 6 heteroatoms. The van der Waals surface area contributed by atoms with Crippen LogP contribution in [0, 0.1) is 5.82 Å². The zero-order valence-electron chi connectivity index (χ0n) is 11.6. The van der Waals surface area contributed by atoms with Crippen LogP contribution in [0.1, 0.15) is 12.8 Å². The molecule has 1 atom stereocenters. The molecule has 5 nitrogen and oxygen atoms in total. The van der Waals surface area contributed by atoms with E-state index in [2.05, 4.69) is 5.32 Å². The van der Waals surface area contributed by atoms with Crippen molar-refractivity contribution in [3.05, 3.63) is 30.1 Å². The van der Waals surface area contributed by atoms with E-state index in [0.29, 0.717) is 31.9 Å². The summed E-state index contributed by atoms with van der Waals surface area (Å²) in [6.07, 6.45) is 0.681. The van der Waals surface area contributed by atoms with Crippen LogP contribution < -0.4 is 15.8 Å². The lowest BCUT2D eigenvalue weighted by atomic mass is 10.2. The van der Waals surface area contributed by atoms with Crippen LogP contribution in [-0.2, 0) is 9.53 Å². The van der Waals surface area contributed by atoms with Gasteiger partial charge in [0.15, 0.2) is 0 Å². The Kier molecular flexibility index (Phi) is 7.60. The maximum absolute atomic E-state index is 12.7. The second kappa shape index (κ2) is 9.28.